The van der Waals surface area contributed by atoms with Crippen molar-refractivity contribution >= 4 is 35.0 Å². The first-order chi connectivity index (χ1) is 11.9. The number of esters is 1. The van der Waals surface area contributed by atoms with Crippen LogP contribution in [0, 0.1) is 0 Å². The molecule has 7 heteroatoms. The maximum Gasteiger partial charge on any atom is 0.347 e. The zero-order chi connectivity index (χ0) is 18.4. The number of carbonyl (C=O) groups is 2. The number of hydrogen-bond donors (Lipinski definition) is 0. The molecule has 0 N–H and O–H groups in total. The van der Waals surface area contributed by atoms with Crippen molar-refractivity contribution in [3.05, 3.63) is 58.1 Å². The highest BCUT2D eigenvalue weighted by molar-refractivity contribution is 6.35. The number of carbonyl (C=O) groups excluding carboxylic acids is 2. The number of methoxy groups -OCH3 is 1. The number of benzene rings is 2. The van der Waals surface area contributed by atoms with Crippen LogP contribution in [0.2, 0.25) is 10.0 Å². The second kappa shape index (κ2) is 8.74. The topological polar surface area (TPSA) is 61.8 Å². The monoisotopic (exact) mass is 382 g/mol. The van der Waals surface area contributed by atoms with Gasteiger partial charge in [0.1, 0.15) is 11.5 Å². The highest BCUT2D eigenvalue weighted by Crippen LogP contribution is 2.28. The molecule has 0 spiro atoms. The molecule has 0 bridgehead atoms. The average molecular weight is 383 g/mol. The Morgan fingerprint density at radius 3 is 2.48 bits per heavy atom. The molecule has 0 saturated carbocycles. The lowest BCUT2D eigenvalue weighted by atomic mass is 10.1. The van der Waals surface area contributed by atoms with E-state index in [2.05, 4.69) is 0 Å². The van der Waals surface area contributed by atoms with Crippen molar-refractivity contribution in [3.8, 4) is 11.5 Å². The van der Waals surface area contributed by atoms with Gasteiger partial charge in [-0.1, -0.05) is 35.3 Å². The number of ether oxygens (including phenoxy) is 3. The van der Waals surface area contributed by atoms with Crippen molar-refractivity contribution in [3.63, 3.8) is 0 Å². The molecular weight excluding hydrogens is 367 g/mol. The molecule has 0 aliphatic rings. The summed E-state index contributed by atoms with van der Waals surface area (Å²) in [5.74, 6) is -0.343. The van der Waals surface area contributed by atoms with Crippen LogP contribution in [0.15, 0.2) is 42.5 Å². The van der Waals surface area contributed by atoms with E-state index in [0.29, 0.717) is 22.1 Å². The molecule has 0 heterocycles. The molecule has 2 aromatic rings. The number of rotatable bonds is 7. The third-order valence-electron chi connectivity index (χ3n) is 3.28. The zero-order valence-corrected chi connectivity index (χ0v) is 15.1. The number of Topliss-reactive ketones (excluding diaryl/α,β-unsaturated/α-hetero) is 1. The Morgan fingerprint density at radius 1 is 1.08 bits per heavy atom. The summed E-state index contributed by atoms with van der Waals surface area (Å²) in [5, 5.41) is 0.729. The van der Waals surface area contributed by atoms with Crippen LogP contribution in [0.5, 0.6) is 11.5 Å². The minimum absolute atomic E-state index is 0.275. The van der Waals surface area contributed by atoms with Crippen LogP contribution >= 0.6 is 23.2 Å². The summed E-state index contributed by atoms with van der Waals surface area (Å²) in [7, 11) is 1.46. The lowest BCUT2D eigenvalue weighted by molar-refractivity contribution is -0.149. The van der Waals surface area contributed by atoms with Crippen LogP contribution in [0.1, 0.15) is 17.3 Å². The standard InChI is InChI=1S/C18H16Cl2O5/c1-11(25-17-8-7-12(19)9-14(17)20)18(22)24-10-15(21)13-5-3-4-6-16(13)23-2/h3-9,11H,10H2,1-2H3. The van der Waals surface area contributed by atoms with Crippen molar-refractivity contribution in [2.45, 2.75) is 13.0 Å². The normalized spacial score (nSPS) is 11.5. The molecule has 2 rings (SSSR count). The quantitative estimate of drug-likeness (QED) is 0.530. The maximum atomic E-state index is 12.2. The van der Waals surface area contributed by atoms with Gasteiger partial charge in [-0.3, -0.25) is 4.79 Å². The van der Waals surface area contributed by atoms with Crippen LogP contribution in [0.4, 0.5) is 0 Å². The number of para-hydroxylation sites is 1. The highest BCUT2D eigenvalue weighted by Gasteiger charge is 2.20. The van der Waals surface area contributed by atoms with Crippen molar-refractivity contribution in [2.75, 3.05) is 13.7 Å². The predicted octanol–water partition coefficient (Wildman–Crippen LogP) is 4.20. The Hall–Kier alpha value is -2.24. The van der Waals surface area contributed by atoms with Gasteiger partial charge in [0, 0.05) is 5.02 Å². The Bertz CT molecular complexity index is 776. The third-order valence-corrected chi connectivity index (χ3v) is 3.81. The van der Waals surface area contributed by atoms with Gasteiger partial charge in [0.15, 0.2) is 12.7 Å². The first kappa shape index (κ1) is 19.1. The van der Waals surface area contributed by atoms with Crippen molar-refractivity contribution in [1.82, 2.24) is 0 Å². The highest BCUT2D eigenvalue weighted by atomic mass is 35.5. The van der Waals surface area contributed by atoms with E-state index in [-0.39, 0.29) is 10.8 Å². The van der Waals surface area contributed by atoms with Gasteiger partial charge >= 0.3 is 5.97 Å². The maximum absolute atomic E-state index is 12.2. The zero-order valence-electron chi connectivity index (χ0n) is 13.6. The van der Waals surface area contributed by atoms with Gasteiger partial charge in [-0.2, -0.15) is 0 Å². The smallest absolute Gasteiger partial charge is 0.347 e. The minimum atomic E-state index is -0.941. The van der Waals surface area contributed by atoms with Gasteiger partial charge in [-0.25, -0.2) is 4.79 Å². The lowest BCUT2D eigenvalue weighted by Gasteiger charge is -2.15. The van der Waals surface area contributed by atoms with Crippen LogP contribution in [0.3, 0.4) is 0 Å². The van der Waals surface area contributed by atoms with E-state index in [1.807, 2.05) is 0 Å². The Kier molecular flexibility index (Phi) is 6.67. The van der Waals surface area contributed by atoms with E-state index in [0.717, 1.165) is 0 Å². The molecule has 0 aliphatic heterocycles. The van der Waals surface area contributed by atoms with E-state index < -0.39 is 18.7 Å². The van der Waals surface area contributed by atoms with Crippen LogP contribution in [0.25, 0.3) is 0 Å². The van der Waals surface area contributed by atoms with E-state index in [1.54, 1.807) is 36.4 Å². The van der Waals surface area contributed by atoms with Gasteiger partial charge in [0.2, 0.25) is 5.78 Å². The van der Waals surface area contributed by atoms with Crippen LogP contribution in [-0.4, -0.2) is 31.6 Å². The number of ketones is 1. The van der Waals surface area contributed by atoms with E-state index >= 15 is 0 Å². The first-order valence-corrected chi connectivity index (χ1v) is 8.12. The lowest BCUT2D eigenvalue weighted by Crippen LogP contribution is -2.28. The molecule has 1 atom stereocenters. The molecule has 0 aliphatic carbocycles. The molecule has 25 heavy (non-hydrogen) atoms. The summed E-state index contributed by atoms with van der Waals surface area (Å²) in [4.78, 5) is 24.2. The van der Waals surface area contributed by atoms with E-state index in [4.69, 9.17) is 37.4 Å². The summed E-state index contributed by atoms with van der Waals surface area (Å²) >= 11 is 11.8. The fourth-order valence-electron chi connectivity index (χ4n) is 2.02. The molecule has 132 valence electrons. The largest absolute Gasteiger partial charge is 0.496 e. The Balaban J connectivity index is 1.94. The number of hydrogen-bond acceptors (Lipinski definition) is 5. The van der Waals surface area contributed by atoms with Crippen molar-refractivity contribution in [1.29, 1.82) is 0 Å². The first-order valence-electron chi connectivity index (χ1n) is 7.37. The van der Waals surface area contributed by atoms with Gasteiger partial charge in [0.25, 0.3) is 0 Å². The van der Waals surface area contributed by atoms with Crippen LogP contribution in [-0.2, 0) is 9.53 Å². The Morgan fingerprint density at radius 2 is 1.80 bits per heavy atom. The SMILES string of the molecule is COc1ccccc1C(=O)COC(=O)C(C)Oc1ccc(Cl)cc1Cl. The second-order valence-electron chi connectivity index (χ2n) is 5.07. The average Bonchev–Trinajstić information content (AvgIpc) is 2.61. The second-order valence-corrected chi connectivity index (χ2v) is 5.91. The van der Waals surface area contributed by atoms with E-state index in [9.17, 15) is 9.59 Å². The molecule has 0 saturated heterocycles. The minimum Gasteiger partial charge on any atom is -0.496 e. The van der Waals surface area contributed by atoms with Gasteiger partial charge in [0.05, 0.1) is 17.7 Å². The fraction of sp³-hybridized carbons (Fsp3) is 0.222. The van der Waals surface area contributed by atoms with Gasteiger partial charge in [-0.05, 0) is 37.3 Å². The summed E-state index contributed by atoms with van der Waals surface area (Å²) < 4.78 is 15.6. The summed E-state index contributed by atoms with van der Waals surface area (Å²) in [5.41, 5.74) is 0.340. The summed E-state index contributed by atoms with van der Waals surface area (Å²) in [6, 6.07) is 11.3. The summed E-state index contributed by atoms with van der Waals surface area (Å²) in [6.45, 7) is 1.09. The van der Waals surface area contributed by atoms with Crippen LogP contribution < -0.4 is 9.47 Å². The van der Waals surface area contributed by atoms with Gasteiger partial charge in [-0.15, -0.1) is 0 Å². The molecule has 0 fully saturated rings. The predicted molar refractivity (Wildman–Crippen MR) is 94.8 cm³/mol. The molecule has 0 radical (unpaired) electrons. The molecule has 5 nitrogen and oxygen atoms in total. The molecule has 2 aromatic carbocycles. The molecule has 1 unspecified atom stereocenters. The third kappa shape index (κ3) is 5.11. The number of halogens is 2. The van der Waals surface area contributed by atoms with Crippen molar-refractivity contribution in [2.24, 2.45) is 0 Å². The Labute approximate surface area is 155 Å². The molecule has 0 amide bonds. The molecular formula is C18H16Cl2O5. The fourth-order valence-corrected chi connectivity index (χ4v) is 2.47. The summed E-state index contributed by atoms with van der Waals surface area (Å²) in [6.07, 6.45) is -0.941. The molecule has 0 aromatic heterocycles. The van der Waals surface area contributed by atoms with Gasteiger partial charge < -0.3 is 14.2 Å². The van der Waals surface area contributed by atoms with Crippen molar-refractivity contribution < 1.29 is 23.8 Å². The van der Waals surface area contributed by atoms with E-state index in [1.165, 1.54) is 20.1 Å².